The Bertz CT molecular complexity index is 1220. The summed E-state index contributed by atoms with van der Waals surface area (Å²) in [5.41, 5.74) is 0.835. The molecule has 2 unspecified atom stereocenters. The van der Waals surface area contributed by atoms with Crippen LogP contribution in [0.1, 0.15) is 36.3 Å². The van der Waals surface area contributed by atoms with Gasteiger partial charge in [-0.3, -0.25) is 14.0 Å². The number of amides is 1. The van der Waals surface area contributed by atoms with Gasteiger partial charge in [-0.2, -0.15) is 4.98 Å². The van der Waals surface area contributed by atoms with Crippen LogP contribution in [0.5, 0.6) is 11.6 Å². The van der Waals surface area contributed by atoms with E-state index < -0.39 is 5.92 Å². The summed E-state index contributed by atoms with van der Waals surface area (Å²) in [5.74, 6) is 0.0508. The number of aromatic hydroxyl groups is 1. The van der Waals surface area contributed by atoms with Gasteiger partial charge in [0, 0.05) is 31.1 Å². The molecular formula is C25H28N4O4. The van der Waals surface area contributed by atoms with Crippen LogP contribution in [0.2, 0.25) is 0 Å². The Morgan fingerprint density at radius 3 is 2.64 bits per heavy atom. The number of piperidine rings is 3. The summed E-state index contributed by atoms with van der Waals surface area (Å²) in [5, 5.41) is 14.0. The summed E-state index contributed by atoms with van der Waals surface area (Å²) in [4.78, 5) is 33.2. The molecule has 2 atom stereocenters. The Balaban J connectivity index is 1.49. The third-order valence-electron chi connectivity index (χ3n) is 7.01. The predicted octanol–water partition coefficient (Wildman–Crippen LogP) is 2.14. The van der Waals surface area contributed by atoms with Crippen molar-refractivity contribution in [2.45, 2.75) is 31.2 Å². The first-order chi connectivity index (χ1) is 16.0. The summed E-state index contributed by atoms with van der Waals surface area (Å²) in [6, 6.07) is 12.5. The van der Waals surface area contributed by atoms with Crippen LogP contribution in [0, 0.1) is 5.92 Å². The molecule has 1 amide bonds. The molecule has 33 heavy (non-hydrogen) atoms. The Morgan fingerprint density at radius 2 is 1.97 bits per heavy atom. The first kappa shape index (κ1) is 21.5. The molecule has 1 aromatic carbocycles. The Morgan fingerprint density at radius 1 is 1.21 bits per heavy atom. The number of nitrogens with zero attached hydrogens (tertiary/aromatic N) is 3. The summed E-state index contributed by atoms with van der Waals surface area (Å²) >= 11 is 0. The maximum Gasteiger partial charge on any atom is 0.265 e. The van der Waals surface area contributed by atoms with Gasteiger partial charge >= 0.3 is 0 Å². The summed E-state index contributed by atoms with van der Waals surface area (Å²) in [6.45, 7) is 3.06. The lowest BCUT2D eigenvalue weighted by molar-refractivity contribution is -0.123. The number of pyridine rings is 1. The van der Waals surface area contributed by atoms with Gasteiger partial charge in [0.25, 0.3) is 5.56 Å². The molecule has 2 aromatic heterocycles. The number of nitrogens with one attached hydrogen (secondary N) is 1. The molecule has 2 bridgehead atoms. The Labute approximate surface area is 191 Å². The average molecular weight is 449 g/mol. The maximum atomic E-state index is 13.4. The van der Waals surface area contributed by atoms with Crippen molar-refractivity contribution in [2.75, 3.05) is 26.7 Å². The maximum absolute atomic E-state index is 13.4. The van der Waals surface area contributed by atoms with Gasteiger partial charge in [-0.25, -0.2) is 0 Å². The van der Waals surface area contributed by atoms with Gasteiger partial charge in [-0.15, -0.1) is 0 Å². The normalized spacial score (nSPS) is 22.8. The van der Waals surface area contributed by atoms with E-state index in [9.17, 15) is 14.7 Å². The Kier molecular flexibility index (Phi) is 5.76. The van der Waals surface area contributed by atoms with Crippen molar-refractivity contribution in [3.8, 4) is 11.6 Å². The molecule has 3 fully saturated rings. The number of carbonyl (C=O) groups excluding carboxylic acids is 1. The number of ether oxygens (including phenoxy) is 1. The lowest BCUT2D eigenvalue weighted by Gasteiger charge is -2.45. The highest BCUT2D eigenvalue weighted by Gasteiger charge is 2.35. The van der Waals surface area contributed by atoms with Crippen LogP contribution in [0.25, 0.3) is 5.65 Å². The first-order valence-corrected chi connectivity index (χ1v) is 11.4. The SMILES string of the molecule is COc1ccc(C(CC(=O)NC2CN3CCC2CC3)c2c(O)nc3ccccn3c2=O)cc1. The molecule has 0 saturated carbocycles. The van der Waals surface area contributed by atoms with Gasteiger partial charge in [0.15, 0.2) is 0 Å². The zero-order valence-corrected chi connectivity index (χ0v) is 18.6. The van der Waals surface area contributed by atoms with Crippen LogP contribution >= 0.6 is 0 Å². The summed E-state index contributed by atoms with van der Waals surface area (Å²) in [7, 11) is 1.58. The van der Waals surface area contributed by atoms with Crippen molar-refractivity contribution in [1.82, 2.24) is 19.6 Å². The van der Waals surface area contributed by atoms with Crippen molar-refractivity contribution in [1.29, 1.82) is 0 Å². The van der Waals surface area contributed by atoms with E-state index in [1.807, 2.05) is 12.1 Å². The van der Waals surface area contributed by atoms with Gasteiger partial charge in [0.1, 0.15) is 11.4 Å². The number of aromatic nitrogens is 2. The number of fused-ring (bicyclic) bond motifs is 4. The largest absolute Gasteiger partial charge is 0.497 e. The van der Waals surface area contributed by atoms with E-state index in [0.29, 0.717) is 17.3 Å². The van der Waals surface area contributed by atoms with Crippen LogP contribution < -0.4 is 15.6 Å². The molecule has 3 aromatic rings. The van der Waals surface area contributed by atoms with Gasteiger partial charge in [0.2, 0.25) is 11.8 Å². The van der Waals surface area contributed by atoms with E-state index in [0.717, 1.165) is 38.0 Å². The van der Waals surface area contributed by atoms with Crippen LogP contribution in [-0.4, -0.2) is 58.1 Å². The van der Waals surface area contributed by atoms with Crippen LogP contribution in [0.15, 0.2) is 53.5 Å². The minimum Gasteiger partial charge on any atom is -0.497 e. The van der Waals surface area contributed by atoms with E-state index >= 15 is 0 Å². The highest BCUT2D eigenvalue weighted by molar-refractivity contribution is 5.78. The van der Waals surface area contributed by atoms with Gasteiger partial charge in [-0.05, 0) is 61.7 Å². The highest BCUT2D eigenvalue weighted by Crippen LogP contribution is 2.33. The second-order valence-electron chi connectivity index (χ2n) is 8.92. The highest BCUT2D eigenvalue weighted by atomic mass is 16.5. The summed E-state index contributed by atoms with van der Waals surface area (Å²) < 4.78 is 6.66. The molecule has 2 N–H and O–H groups in total. The van der Waals surface area contributed by atoms with Gasteiger partial charge in [0.05, 0.1) is 12.7 Å². The molecule has 8 nitrogen and oxygen atoms in total. The minimum atomic E-state index is -0.644. The smallest absolute Gasteiger partial charge is 0.265 e. The fourth-order valence-corrected chi connectivity index (χ4v) is 5.20. The Hall–Kier alpha value is -3.39. The molecule has 5 heterocycles. The fraction of sp³-hybridized carbons (Fsp3) is 0.400. The number of hydrogen-bond donors (Lipinski definition) is 2. The van der Waals surface area contributed by atoms with Gasteiger partial charge < -0.3 is 20.1 Å². The molecule has 0 aliphatic carbocycles. The second-order valence-corrected chi connectivity index (χ2v) is 8.92. The topological polar surface area (TPSA) is 96.2 Å². The quantitative estimate of drug-likeness (QED) is 0.600. The number of hydrogen-bond acceptors (Lipinski definition) is 6. The molecule has 3 aliphatic rings. The first-order valence-electron chi connectivity index (χ1n) is 11.4. The molecule has 0 radical (unpaired) electrons. The molecule has 3 saturated heterocycles. The molecular weight excluding hydrogens is 420 g/mol. The lowest BCUT2D eigenvalue weighted by atomic mass is 9.83. The van der Waals surface area contributed by atoms with Crippen molar-refractivity contribution in [3.05, 3.63) is 70.1 Å². The number of carbonyl (C=O) groups is 1. The van der Waals surface area contributed by atoms with Crippen molar-refractivity contribution in [3.63, 3.8) is 0 Å². The zero-order valence-electron chi connectivity index (χ0n) is 18.6. The van der Waals surface area contributed by atoms with Gasteiger partial charge in [-0.1, -0.05) is 18.2 Å². The average Bonchev–Trinajstić information content (AvgIpc) is 2.84. The van der Waals surface area contributed by atoms with E-state index in [4.69, 9.17) is 4.74 Å². The summed E-state index contributed by atoms with van der Waals surface area (Å²) in [6.07, 6.45) is 3.86. The van der Waals surface area contributed by atoms with E-state index in [1.54, 1.807) is 43.6 Å². The van der Waals surface area contributed by atoms with E-state index in [-0.39, 0.29) is 35.4 Å². The van der Waals surface area contributed by atoms with Crippen LogP contribution in [0.4, 0.5) is 0 Å². The number of rotatable bonds is 6. The predicted molar refractivity (Wildman–Crippen MR) is 124 cm³/mol. The molecule has 0 spiro atoms. The fourth-order valence-electron chi connectivity index (χ4n) is 5.20. The van der Waals surface area contributed by atoms with Crippen molar-refractivity contribution in [2.24, 2.45) is 5.92 Å². The zero-order chi connectivity index (χ0) is 22.9. The molecule has 3 aliphatic heterocycles. The lowest BCUT2D eigenvalue weighted by Crippen LogP contribution is -2.57. The molecule has 6 rings (SSSR count). The third-order valence-corrected chi connectivity index (χ3v) is 7.01. The molecule has 8 heteroatoms. The second kappa shape index (κ2) is 8.86. The third kappa shape index (κ3) is 4.18. The van der Waals surface area contributed by atoms with E-state index in [1.165, 1.54) is 4.40 Å². The van der Waals surface area contributed by atoms with Crippen molar-refractivity contribution < 1.29 is 14.6 Å². The minimum absolute atomic E-state index is 0.0406. The molecule has 172 valence electrons. The monoisotopic (exact) mass is 448 g/mol. The van der Waals surface area contributed by atoms with Crippen molar-refractivity contribution >= 4 is 11.6 Å². The van der Waals surface area contributed by atoms with Crippen LogP contribution in [-0.2, 0) is 4.79 Å². The standard InChI is InChI=1S/C25H28N4O4/c1-33-18-7-5-16(6-8-18)19(14-22(30)26-20-15-28-12-9-17(20)10-13-28)23-24(31)27-21-4-2-3-11-29(21)25(23)32/h2-8,11,17,19-20,31H,9-10,12-15H2,1H3,(H,26,30). The number of methoxy groups -OCH3 is 1. The van der Waals surface area contributed by atoms with E-state index in [2.05, 4.69) is 15.2 Å². The van der Waals surface area contributed by atoms with Crippen LogP contribution in [0.3, 0.4) is 0 Å². The number of benzene rings is 1.